The SMILES string of the molecule is CC(OCC(O)CNCCOC(N)=O)c1ccccc1. The van der Waals surface area contributed by atoms with Crippen LogP contribution in [-0.2, 0) is 9.47 Å². The van der Waals surface area contributed by atoms with Gasteiger partial charge in [0.1, 0.15) is 6.61 Å². The monoisotopic (exact) mass is 282 g/mol. The van der Waals surface area contributed by atoms with Crippen LogP contribution in [0.25, 0.3) is 0 Å². The van der Waals surface area contributed by atoms with Crippen molar-refractivity contribution in [1.82, 2.24) is 5.32 Å². The summed E-state index contributed by atoms with van der Waals surface area (Å²) in [4.78, 5) is 10.3. The van der Waals surface area contributed by atoms with Crippen molar-refractivity contribution < 1.29 is 19.4 Å². The maximum Gasteiger partial charge on any atom is 0.404 e. The maximum atomic E-state index is 10.3. The van der Waals surface area contributed by atoms with E-state index in [4.69, 9.17) is 10.5 Å². The van der Waals surface area contributed by atoms with E-state index in [0.717, 1.165) is 5.56 Å². The predicted octanol–water partition coefficient (Wildman–Crippen LogP) is 0.810. The van der Waals surface area contributed by atoms with Gasteiger partial charge in [0, 0.05) is 13.1 Å². The van der Waals surface area contributed by atoms with Crippen molar-refractivity contribution in [2.75, 3.05) is 26.3 Å². The number of ether oxygens (including phenoxy) is 2. The van der Waals surface area contributed by atoms with Crippen LogP contribution in [0.15, 0.2) is 30.3 Å². The number of benzene rings is 1. The highest BCUT2D eigenvalue weighted by Crippen LogP contribution is 2.15. The van der Waals surface area contributed by atoms with Crippen LogP contribution in [0.4, 0.5) is 4.79 Å². The number of rotatable bonds is 9. The highest BCUT2D eigenvalue weighted by molar-refractivity contribution is 5.64. The number of carbonyl (C=O) groups is 1. The van der Waals surface area contributed by atoms with Gasteiger partial charge in [-0.2, -0.15) is 0 Å². The van der Waals surface area contributed by atoms with E-state index in [1.807, 2.05) is 37.3 Å². The van der Waals surface area contributed by atoms with Gasteiger partial charge in [0.2, 0.25) is 0 Å². The van der Waals surface area contributed by atoms with Crippen molar-refractivity contribution in [1.29, 1.82) is 0 Å². The van der Waals surface area contributed by atoms with Crippen LogP contribution < -0.4 is 11.1 Å². The van der Waals surface area contributed by atoms with Gasteiger partial charge in [-0.05, 0) is 12.5 Å². The number of aliphatic hydroxyl groups is 1. The topological polar surface area (TPSA) is 93.8 Å². The first-order valence-corrected chi connectivity index (χ1v) is 6.57. The molecule has 4 N–H and O–H groups in total. The van der Waals surface area contributed by atoms with Crippen LogP contribution >= 0.6 is 0 Å². The van der Waals surface area contributed by atoms with Gasteiger partial charge in [0.25, 0.3) is 0 Å². The van der Waals surface area contributed by atoms with Crippen molar-refractivity contribution in [2.24, 2.45) is 5.73 Å². The first kappa shape index (κ1) is 16.4. The largest absolute Gasteiger partial charge is 0.448 e. The molecular weight excluding hydrogens is 260 g/mol. The number of hydrogen-bond donors (Lipinski definition) is 3. The van der Waals surface area contributed by atoms with Gasteiger partial charge in [0.15, 0.2) is 0 Å². The zero-order valence-electron chi connectivity index (χ0n) is 11.6. The highest BCUT2D eigenvalue weighted by atomic mass is 16.5. The van der Waals surface area contributed by atoms with Crippen LogP contribution in [0, 0.1) is 0 Å². The van der Waals surface area contributed by atoms with Gasteiger partial charge in [-0.3, -0.25) is 0 Å². The summed E-state index contributed by atoms with van der Waals surface area (Å²) in [6.07, 6.45) is -1.48. The molecule has 112 valence electrons. The summed E-state index contributed by atoms with van der Waals surface area (Å²) in [5.41, 5.74) is 5.88. The maximum absolute atomic E-state index is 10.3. The molecule has 0 saturated carbocycles. The Kier molecular flexibility index (Phi) is 7.64. The molecule has 0 aliphatic rings. The van der Waals surface area contributed by atoms with Crippen molar-refractivity contribution in [2.45, 2.75) is 19.1 Å². The number of hydrogen-bond acceptors (Lipinski definition) is 5. The molecule has 0 saturated heterocycles. The standard InChI is InChI=1S/C14H22N2O4/c1-11(12-5-3-2-4-6-12)20-10-13(17)9-16-7-8-19-14(15)18/h2-6,11,13,16-17H,7-10H2,1H3,(H2,15,18). The average molecular weight is 282 g/mol. The molecule has 1 aromatic rings. The van der Waals surface area contributed by atoms with Crippen molar-refractivity contribution in [3.05, 3.63) is 35.9 Å². The van der Waals surface area contributed by atoms with Gasteiger partial charge < -0.3 is 25.6 Å². The summed E-state index contributed by atoms with van der Waals surface area (Å²) in [5, 5.41) is 12.7. The molecule has 2 atom stereocenters. The first-order chi connectivity index (χ1) is 9.59. The van der Waals surface area contributed by atoms with E-state index in [0.29, 0.717) is 13.1 Å². The Labute approximate surface area is 118 Å². The Bertz CT molecular complexity index is 386. The van der Waals surface area contributed by atoms with Crippen LogP contribution in [0.5, 0.6) is 0 Å². The molecule has 0 heterocycles. The van der Waals surface area contributed by atoms with E-state index >= 15 is 0 Å². The lowest BCUT2D eigenvalue weighted by Gasteiger charge is -2.17. The average Bonchev–Trinajstić information content (AvgIpc) is 2.45. The second kappa shape index (κ2) is 9.30. The van der Waals surface area contributed by atoms with Gasteiger partial charge in [-0.25, -0.2) is 4.79 Å². The summed E-state index contributed by atoms with van der Waals surface area (Å²) < 4.78 is 10.1. The zero-order valence-corrected chi connectivity index (χ0v) is 11.6. The molecule has 6 heteroatoms. The lowest BCUT2D eigenvalue weighted by atomic mass is 10.1. The number of carbonyl (C=O) groups excluding carboxylic acids is 1. The third-order valence-electron chi connectivity index (χ3n) is 2.71. The summed E-state index contributed by atoms with van der Waals surface area (Å²) >= 11 is 0. The molecule has 20 heavy (non-hydrogen) atoms. The molecule has 6 nitrogen and oxygen atoms in total. The fourth-order valence-electron chi connectivity index (χ4n) is 1.63. The third kappa shape index (κ3) is 7.08. The van der Waals surface area contributed by atoms with Crippen molar-refractivity contribution in [3.8, 4) is 0 Å². The summed E-state index contributed by atoms with van der Waals surface area (Å²) in [6.45, 7) is 3.16. The quantitative estimate of drug-likeness (QED) is 0.583. The molecule has 0 radical (unpaired) electrons. The molecule has 0 aromatic heterocycles. The van der Waals surface area contributed by atoms with E-state index < -0.39 is 12.2 Å². The van der Waals surface area contributed by atoms with E-state index in [1.54, 1.807) is 0 Å². The molecule has 0 spiro atoms. The number of aliphatic hydroxyl groups excluding tert-OH is 1. The van der Waals surface area contributed by atoms with Gasteiger partial charge in [-0.1, -0.05) is 30.3 Å². The van der Waals surface area contributed by atoms with Crippen LogP contribution in [0.2, 0.25) is 0 Å². The fraction of sp³-hybridized carbons (Fsp3) is 0.500. The minimum absolute atomic E-state index is 0.0657. The highest BCUT2D eigenvalue weighted by Gasteiger charge is 2.09. The lowest BCUT2D eigenvalue weighted by molar-refractivity contribution is -0.00227. The van der Waals surface area contributed by atoms with Crippen LogP contribution in [-0.4, -0.2) is 43.6 Å². The minimum Gasteiger partial charge on any atom is -0.448 e. The molecule has 0 aliphatic heterocycles. The van der Waals surface area contributed by atoms with E-state index in [1.165, 1.54) is 0 Å². The molecule has 1 aromatic carbocycles. The smallest absolute Gasteiger partial charge is 0.404 e. The third-order valence-corrected chi connectivity index (χ3v) is 2.71. The van der Waals surface area contributed by atoms with Gasteiger partial charge in [-0.15, -0.1) is 0 Å². The van der Waals surface area contributed by atoms with Crippen LogP contribution in [0.1, 0.15) is 18.6 Å². The summed E-state index contributed by atoms with van der Waals surface area (Å²) in [7, 11) is 0. The van der Waals surface area contributed by atoms with Crippen LogP contribution in [0.3, 0.4) is 0 Å². The Morgan fingerprint density at radius 2 is 2.10 bits per heavy atom. The molecule has 0 bridgehead atoms. The Hall–Kier alpha value is -1.63. The molecule has 1 rings (SSSR count). The lowest BCUT2D eigenvalue weighted by Crippen LogP contribution is -2.33. The van der Waals surface area contributed by atoms with E-state index in [9.17, 15) is 9.90 Å². The molecule has 0 fully saturated rings. The van der Waals surface area contributed by atoms with E-state index in [-0.39, 0.29) is 19.3 Å². The first-order valence-electron chi connectivity index (χ1n) is 6.57. The Balaban J connectivity index is 2.10. The molecular formula is C14H22N2O4. The van der Waals surface area contributed by atoms with Crippen molar-refractivity contribution in [3.63, 3.8) is 0 Å². The molecule has 2 unspecified atom stereocenters. The summed E-state index contributed by atoms with van der Waals surface area (Å²) in [5.74, 6) is 0. The predicted molar refractivity (Wildman–Crippen MR) is 75.2 cm³/mol. The Morgan fingerprint density at radius 3 is 2.75 bits per heavy atom. The fourth-order valence-corrected chi connectivity index (χ4v) is 1.63. The number of primary amides is 1. The normalized spacial score (nSPS) is 13.7. The number of nitrogens with one attached hydrogen (secondary N) is 1. The summed E-state index contributed by atoms with van der Waals surface area (Å²) in [6, 6.07) is 9.81. The minimum atomic E-state index is -0.799. The second-order valence-corrected chi connectivity index (χ2v) is 4.41. The second-order valence-electron chi connectivity index (χ2n) is 4.41. The molecule has 0 aliphatic carbocycles. The number of amides is 1. The van der Waals surface area contributed by atoms with Gasteiger partial charge >= 0.3 is 6.09 Å². The van der Waals surface area contributed by atoms with Crippen molar-refractivity contribution >= 4 is 6.09 Å². The Morgan fingerprint density at radius 1 is 1.40 bits per heavy atom. The van der Waals surface area contributed by atoms with Gasteiger partial charge in [0.05, 0.1) is 18.8 Å². The molecule has 1 amide bonds. The zero-order chi connectivity index (χ0) is 14.8. The van der Waals surface area contributed by atoms with E-state index in [2.05, 4.69) is 10.1 Å². The number of nitrogens with two attached hydrogens (primary N) is 1.